The highest BCUT2D eigenvalue weighted by molar-refractivity contribution is 5.96. The number of carbonyl (C=O) groups is 2. The summed E-state index contributed by atoms with van der Waals surface area (Å²) in [5.74, 6) is -0.405. The van der Waals surface area contributed by atoms with Crippen molar-refractivity contribution in [3.63, 3.8) is 0 Å². The van der Waals surface area contributed by atoms with E-state index in [1.165, 1.54) is 0 Å². The van der Waals surface area contributed by atoms with E-state index in [0.29, 0.717) is 22.7 Å². The van der Waals surface area contributed by atoms with E-state index in [2.05, 4.69) is 34.4 Å². The topological polar surface area (TPSA) is 94.6 Å². The molecule has 0 aliphatic heterocycles. The van der Waals surface area contributed by atoms with Crippen LogP contribution in [-0.4, -0.2) is 58.6 Å². The molecule has 0 saturated heterocycles. The molecule has 1 fully saturated rings. The van der Waals surface area contributed by atoms with Gasteiger partial charge in [-0.25, -0.2) is 0 Å². The number of carbonyl (C=O) groups excluding carboxylic acids is 2. The fourth-order valence-corrected chi connectivity index (χ4v) is 5.33. The van der Waals surface area contributed by atoms with E-state index in [0.717, 1.165) is 49.9 Å². The van der Waals surface area contributed by atoms with E-state index >= 15 is 0 Å². The van der Waals surface area contributed by atoms with Gasteiger partial charge in [0.25, 0.3) is 11.8 Å². The Bertz CT molecular complexity index is 1190. The predicted octanol–water partition coefficient (Wildman–Crippen LogP) is 4.59. The molecule has 7 nitrogen and oxygen atoms in total. The van der Waals surface area contributed by atoms with Gasteiger partial charge < -0.3 is 20.6 Å². The molecule has 1 aliphatic carbocycles. The number of hydrogen-bond donors (Lipinski definition) is 3. The molecule has 38 heavy (non-hydrogen) atoms. The minimum absolute atomic E-state index is 0.118. The largest absolute Gasteiger partial charge is 0.394 e. The molecule has 1 aromatic heterocycles. The summed E-state index contributed by atoms with van der Waals surface area (Å²) in [6.45, 7) is 6.24. The van der Waals surface area contributed by atoms with Gasteiger partial charge in [-0.3, -0.25) is 14.6 Å². The number of benzene rings is 2. The van der Waals surface area contributed by atoms with Gasteiger partial charge in [-0.15, -0.1) is 0 Å². The van der Waals surface area contributed by atoms with Crippen LogP contribution in [0.3, 0.4) is 0 Å². The fourth-order valence-electron chi connectivity index (χ4n) is 5.33. The molecular formula is C31H38N4O3. The molecular weight excluding hydrogens is 476 g/mol. The van der Waals surface area contributed by atoms with Crippen LogP contribution in [0, 0.1) is 0 Å². The SMILES string of the molecule is CCN(CC)C1CCC(NC(=O)c2cccc([C@@H](CO)NC(=O)c3ccc(-c4ccncc4)cc3)c2)CC1. The lowest BCUT2D eigenvalue weighted by atomic mass is 9.90. The third-order valence-corrected chi connectivity index (χ3v) is 7.56. The second-order valence-corrected chi connectivity index (χ2v) is 9.85. The smallest absolute Gasteiger partial charge is 0.251 e. The summed E-state index contributed by atoms with van der Waals surface area (Å²) >= 11 is 0. The molecule has 1 heterocycles. The van der Waals surface area contributed by atoms with Crippen LogP contribution in [-0.2, 0) is 0 Å². The van der Waals surface area contributed by atoms with Crippen LogP contribution in [0.25, 0.3) is 11.1 Å². The van der Waals surface area contributed by atoms with E-state index in [-0.39, 0.29) is 24.5 Å². The summed E-state index contributed by atoms with van der Waals surface area (Å²) in [4.78, 5) is 32.5. The molecule has 3 aromatic rings. The van der Waals surface area contributed by atoms with Gasteiger partial charge in [-0.1, -0.05) is 38.1 Å². The molecule has 1 atom stereocenters. The van der Waals surface area contributed by atoms with Gasteiger partial charge in [0.05, 0.1) is 12.6 Å². The Morgan fingerprint density at radius 1 is 0.895 bits per heavy atom. The lowest BCUT2D eigenvalue weighted by Gasteiger charge is -2.36. The Balaban J connectivity index is 1.36. The summed E-state index contributed by atoms with van der Waals surface area (Å²) in [6.07, 6.45) is 7.59. The molecule has 0 bridgehead atoms. The fraction of sp³-hybridized carbons (Fsp3) is 0.387. The number of pyridine rings is 1. The zero-order valence-corrected chi connectivity index (χ0v) is 22.3. The highest BCUT2D eigenvalue weighted by Gasteiger charge is 2.26. The number of aromatic nitrogens is 1. The standard InChI is InChI=1S/C31H38N4O3/c1-3-35(4-2)28-14-12-27(13-15-28)33-31(38)26-7-5-6-25(20-26)29(21-36)34-30(37)24-10-8-22(9-11-24)23-16-18-32-19-17-23/h5-11,16-20,27-29,36H,3-4,12-15,21H2,1-2H3,(H,33,38)(H,34,37)/t27?,28?,29-/m1/s1. The first-order chi connectivity index (χ1) is 18.5. The number of nitrogens with one attached hydrogen (secondary N) is 2. The zero-order valence-electron chi connectivity index (χ0n) is 22.3. The molecule has 4 rings (SSSR count). The van der Waals surface area contributed by atoms with Crippen molar-refractivity contribution in [2.45, 2.75) is 57.7 Å². The molecule has 0 radical (unpaired) electrons. The zero-order chi connectivity index (χ0) is 26.9. The summed E-state index contributed by atoms with van der Waals surface area (Å²) in [5, 5.41) is 16.1. The average Bonchev–Trinajstić information content (AvgIpc) is 2.98. The molecule has 2 aromatic carbocycles. The third-order valence-electron chi connectivity index (χ3n) is 7.56. The van der Waals surface area contributed by atoms with Crippen molar-refractivity contribution >= 4 is 11.8 Å². The highest BCUT2D eigenvalue weighted by atomic mass is 16.3. The van der Waals surface area contributed by atoms with Crippen molar-refractivity contribution in [1.82, 2.24) is 20.5 Å². The van der Waals surface area contributed by atoms with Gasteiger partial charge in [0.1, 0.15) is 0 Å². The Morgan fingerprint density at radius 3 is 2.18 bits per heavy atom. The summed E-state index contributed by atoms with van der Waals surface area (Å²) in [6, 6.07) is 18.4. The molecule has 1 aliphatic rings. The summed E-state index contributed by atoms with van der Waals surface area (Å²) in [7, 11) is 0. The Kier molecular flexibility index (Phi) is 9.62. The monoisotopic (exact) mass is 514 g/mol. The normalized spacial score (nSPS) is 18.1. The first-order valence-corrected chi connectivity index (χ1v) is 13.6. The lowest BCUT2D eigenvalue weighted by molar-refractivity contribution is 0.0905. The van der Waals surface area contributed by atoms with Crippen molar-refractivity contribution in [3.8, 4) is 11.1 Å². The van der Waals surface area contributed by atoms with Crippen LogP contribution in [0.1, 0.15) is 71.9 Å². The Labute approximate surface area is 225 Å². The quantitative estimate of drug-likeness (QED) is 0.368. The molecule has 1 saturated carbocycles. The van der Waals surface area contributed by atoms with Crippen molar-refractivity contribution in [3.05, 3.63) is 89.7 Å². The summed E-state index contributed by atoms with van der Waals surface area (Å²) < 4.78 is 0. The van der Waals surface area contributed by atoms with E-state index in [1.54, 1.807) is 42.7 Å². The Morgan fingerprint density at radius 2 is 1.55 bits per heavy atom. The van der Waals surface area contributed by atoms with Gasteiger partial charge in [0, 0.05) is 35.6 Å². The molecule has 0 spiro atoms. The van der Waals surface area contributed by atoms with Crippen LogP contribution in [0.4, 0.5) is 0 Å². The maximum atomic E-state index is 13.0. The van der Waals surface area contributed by atoms with Crippen molar-refractivity contribution in [2.24, 2.45) is 0 Å². The highest BCUT2D eigenvalue weighted by Crippen LogP contribution is 2.24. The van der Waals surface area contributed by atoms with Gasteiger partial charge >= 0.3 is 0 Å². The lowest BCUT2D eigenvalue weighted by Crippen LogP contribution is -2.44. The van der Waals surface area contributed by atoms with Gasteiger partial charge in [0.15, 0.2) is 0 Å². The van der Waals surface area contributed by atoms with Crippen LogP contribution < -0.4 is 10.6 Å². The van der Waals surface area contributed by atoms with Crippen molar-refractivity contribution in [1.29, 1.82) is 0 Å². The Hall–Kier alpha value is -3.55. The molecule has 7 heteroatoms. The van der Waals surface area contributed by atoms with Gasteiger partial charge in [0.2, 0.25) is 0 Å². The molecule has 0 unspecified atom stereocenters. The number of rotatable bonds is 10. The number of amides is 2. The first kappa shape index (κ1) is 27.5. The van der Waals surface area contributed by atoms with Crippen LogP contribution in [0.2, 0.25) is 0 Å². The van der Waals surface area contributed by atoms with E-state index in [1.807, 2.05) is 30.3 Å². The van der Waals surface area contributed by atoms with Crippen LogP contribution >= 0.6 is 0 Å². The maximum Gasteiger partial charge on any atom is 0.251 e. The van der Waals surface area contributed by atoms with E-state index in [9.17, 15) is 14.7 Å². The van der Waals surface area contributed by atoms with Crippen LogP contribution in [0.15, 0.2) is 73.1 Å². The number of aliphatic hydroxyl groups excluding tert-OH is 1. The number of nitrogens with zero attached hydrogens (tertiary/aromatic N) is 2. The number of hydrogen-bond acceptors (Lipinski definition) is 5. The first-order valence-electron chi connectivity index (χ1n) is 13.6. The molecule has 200 valence electrons. The van der Waals surface area contributed by atoms with Crippen molar-refractivity contribution in [2.75, 3.05) is 19.7 Å². The van der Waals surface area contributed by atoms with Crippen molar-refractivity contribution < 1.29 is 14.7 Å². The van der Waals surface area contributed by atoms with Crippen LogP contribution in [0.5, 0.6) is 0 Å². The molecule has 2 amide bonds. The van der Waals surface area contributed by atoms with E-state index in [4.69, 9.17) is 0 Å². The second-order valence-electron chi connectivity index (χ2n) is 9.85. The minimum atomic E-state index is -0.625. The maximum absolute atomic E-state index is 13.0. The van der Waals surface area contributed by atoms with Gasteiger partial charge in [-0.2, -0.15) is 0 Å². The second kappa shape index (κ2) is 13.3. The third kappa shape index (κ3) is 6.85. The van der Waals surface area contributed by atoms with Gasteiger partial charge in [-0.05, 0) is 91.9 Å². The minimum Gasteiger partial charge on any atom is -0.394 e. The number of aliphatic hydroxyl groups is 1. The predicted molar refractivity (Wildman–Crippen MR) is 150 cm³/mol. The summed E-state index contributed by atoms with van der Waals surface area (Å²) in [5.41, 5.74) is 3.72. The van der Waals surface area contributed by atoms with E-state index < -0.39 is 6.04 Å². The molecule has 3 N–H and O–H groups in total. The average molecular weight is 515 g/mol.